The second kappa shape index (κ2) is 7.16. The lowest BCUT2D eigenvalue weighted by Crippen LogP contribution is -2.31. The Hall–Kier alpha value is -3.06. The molecule has 1 atom stereocenters. The average Bonchev–Trinajstić information content (AvgIpc) is 3.17. The second-order valence-electron chi connectivity index (χ2n) is 7.23. The number of anilines is 1. The molecule has 7 heteroatoms. The molecular weight excluding hydrogens is 358 g/mol. The third kappa shape index (κ3) is 3.41. The van der Waals surface area contributed by atoms with Crippen LogP contribution in [-0.2, 0) is 9.53 Å². The van der Waals surface area contributed by atoms with E-state index >= 15 is 0 Å². The van der Waals surface area contributed by atoms with E-state index in [0.29, 0.717) is 42.3 Å². The van der Waals surface area contributed by atoms with Gasteiger partial charge in [0.25, 0.3) is 11.8 Å². The molecule has 2 N–H and O–H groups in total. The first-order valence-corrected chi connectivity index (χ1v) is 9.29. The Bertz CT molecular complexity index is 976. The first-order valence-electron chi connectivity index (χ1n) is 9.29. The molecule has 0 saturated heterocycles. The highest BCUT2D eigenvalue weighted by Crippen LogP contribution is 2.36. The number of carbonyl (C=O) groups is 2. The van der Waals surface area contributed by atoms with Crippen LogP contribution in [0.3, 0.4) is 0 Å². The maximum absolute atomic E-state index is 12.9. The highest BCUT2D eigenvalue weighted by molar-refractivity contribution is 6.35. The number of carbonyl (C=O) groups excluding carboxylic acids is 2. The molecule has 3 heterocycles. The molecule has 2 aromatic rings. The molecule has 0 saturated carbocycles. The Morgan fingerprint density at radius 2 is 2.00 bits per heavy atom. The van der Waals surface area contributed by atoms with Crippen molar-refractivity contribution in [3.63, 3.8) is 0 Å². The molecule has 0 aliphatic carbocycles. The lowest BCUT2D eigenvalue weighted by atomic mass is 10.0. The van der Waals surface area contributed by atoms with Gasteiger partial charge in [0.05, 0.1) is 30.0 Å². The molecule has 1 unspecified atom stereocenters. The Morgan fingerprint density at radius 1 is 1.18 bits per heavy atom. The van der Waals surface area contributed by atoms with Gasteiger partial charge < -0.3 is 24.7 Å². The fourth-order valence-electron chi connectivity index (χ4n) is 3.45. The van der Waals surface area contributed by atoms with Crippen LogP contribution in [0.15, 0.2) is 24.3 Å². The number of ether oxygens (including phenoxy) is 2. The van der Waals surface area contributed by atoms with Gasteiger partial charge in [0.15, 0.2) is 0 Å². The zero-order valence-electron chi connectivity index (χ0n) is 16.2. The normalized spacial score (nSPS) is 21.8. The van der Waals surface area contributed by atoms with Gasteiger partial charge >= 0.3 is 0 Å². The number of fused-ring (bicyclic) bond motifs is 2. The largest absolute Gasteiger partial charge is 0.488 e. The van der Waals surface area contributed by atoms with E-state index in [4.69, 9.17) is 9.47 Å². The number of aryl methyl sites for hydroxylation is 1. The minimum Gasteiger partial charge on any atom is -0.488 e. The highest BCUT2D eigenvalue weighted by Gasteiger charge is 2.27. The van der Waals surface area contributed by atoms with Crippen molar-refractivity contribution >= 4 is 29.2 Å². The monoisotopic (exact) mass is 381 g/mol. The smallest absolute Gasteiger partial charge is 0.256 e. The van der Waals surface area contributed by atoms with Crippen LogP contribution in [0.25, 0.3) is 11.6 Å². The zero-order chi connectivity index (χ0) is 19.8. The summed E-state index contributed by atoms with van der Waals surface area (Å²) in [6, 6.07) is 7.31. The molecule has 7 nitrogen and oxygen atoms in total. The van der Waals surface area contributed by atoms with Gasteiger partial charge in [0, 0.05) is 30.5 Å². The van der Waals surface area contributed by atoms with E-state index in [1.807, 2.05) is 32.0 Å². The number of hydrogen-bond acceptors (Lipinski definition) is 4. The number of amides is 2. The fourth-order valence-corrected chi connectivity index (χ4v) is 3.45. The van der Waals surface area contributed by atoms with Gasteiger partial charge in [-0.1, -0.05) is 0 Å². The van der Waals surface area contributed by atoms with Crippen LogP contribution in [0.2, 0.25) is 0 Å². The van der Waals surface area contributed by atoms with Gasteiger partial charge in [-0.05, 0) is 44.2 Å². The molecule has 2 aliphatic heterocycles. The second-order valence-corrected chi connectivity index (χ2v) is 7.23. The zero-order valence-corrected chi connectivity index (χ0v) is 16.2. The van der Waals surface area contributed by atoms with Crippen LogP contribution in [0, 0.1) is 6.92 Å². The number of aromatic amines is 1. The third-order valence-corrected chi connectivity index (χ3v) is 4.88. The molecule has 1 aromatic heterocycles. The minimum absolute atomic E-state index is 0.119. The Labute approximate surface area is 163 Å². The predicted molar refractivity (Wildman–Crippen MR) is 106 cm³/mol. The molecule has 146 valence electrons. The number of likely N-dealkylation sites (N-methyl/N-ethyl adjacent to an activating group) is 1. The van der Waals surface area contributed by atoms with Crippen molar-refractivity contribution in [2.75, 3.05) is 32.1 Å². The van der Waals surface area contributed by atoms with Crippen LogP contribution in [0.1, 0.15) is 34.2 Å². The number of rotatable bonds is 0. The van der Waals surface area contributed by atoms with Gasteiger partial charge in [-0.15, -0.1) is 0 Å². The van der Waals surface area contributed by atoms with Gasteiger partial charge in [0.2, 0.25) is 0 Å². The molecule has 2 aliphatic rings. The SMILES string of the molecule is Cc1cc2c([nH]1)/C=C1\C(=O)Nc3ccc(cc31)OC(C)COCCN(C)C2=O. The lowest BCUT2D eigenvalue weighted by molar-refractivity contribution is -0.110. The van der Waals surface area contributed by atoms with Gasteiger partial charge in [-0.2, -0.15) is 0 Å². The summed E-state index contributed by atoms with van der Waals surface area (Å²) in [6.45, 7) is 5.10. The summed E-state index contributed by atoms with van der Waals surface area (Å²) in [7, 11) is 1.74. The minimum atomic E-state index is -0.202. The molecule has 1 aromatic carbocycles. The van der Waals surface area contributed by atoms with Crippen molar-refractivity contribution in [2.24, 2.45) is 0 Å². The van der Waals surface area contributed by atoms with E-state index < -0.39 is 0 Å². The fraction of sp³-hybridized carbons (Fsp3) is 0.333. The van der Waals surface area contributed by atoms with Gasteiger partial charge in [-0.25, -0.2) is 0 Å². The van der Waals surface area contributed by atoms with Crippen LogP contribution in [0.4, 0.5) is 5.69 Å². The van der Waals surface area contributed by atoms with Gasteiger partial charge in [0.1, 0.15) is 11.9 Å². The van der Waals surface area contributed by atoms with Crippen molar-refractivity contribution < 1.29 is 19.1 Å². The van der Waals surface area contributed by atoms with Crippen molar-refractivity contribution in [1.82, 2.24) is 9.88 Å². The Kier molecular flexibility index (Phi) is 4.68. The van der Waals surface area contributed by atoms with E-state index in [1.54, 1.807) is 24.1 Å². The maximum Gasteiger partial charge on any atom is 0.256 e. The summed E-state index contributed by atoms with van der Waals surface area (Å²) in [5.74, 6) is 0.349. The molecule has 0 spiro atoms. The first-order chi connectivity index (χ1) is 13.4. The standard InChI is InChI=1S/C21H23N3O4/c1-12-8-17-19(22-12)10-16-15-9-14(4-5-18(15)23-20(16)25)28-13(2)11-27-7-6-24(3)21(17)26/h4-5,8-10,13,22H,6-7,11H2,1-3H3,(H,23,25)/b16-10-. The van der Waals surface area contributed by atoms with Crippen molar-refractivity contribution in [3.05, 3.63) is 46.8 Å². The summed E-state index contributed by atoms with van der Waals surface area (Å²) in [5.41, 5.74) is 3.98. The number of aromatic nitrogens is 1. The average molecular weight is 381 g/mol. The van der Waals surface area contributed by atoms with Crippen LogP contribution < -0.4 is 10.1 Å². The molecule has 2 bridgehead atoms. The highest BCUT2D eigenvalue weighted by atomic mass is 16.5. The number of benzene rings is 1. The van der Waals surface area contributed by atoms with Gasteiger partial charge in [-0.3, -0.25) is 9.59 Å². The molecule has 2 amide bonds. The lowest BCUT2D eigenvalue weighted by Gasteiger charge is -2.19. The maximum atomic E-state index is 12.9. The van der Waals surface area contributed by atoms with E-state index in [0.717, 1.165) is 16.9 Å². The summed E-state index contributed by atoms with van der Waals surface area (Å²) >= 11 is 0. The number of hydrogen-bond donors (Lipinski definition) is 2. The van der Waals surface area contributed by atoms with E-state index in [-0.39, 0.29) is 17.9 Å². The molecule has 28 heavy (non-hydrogen) atoms. The van der Waals surface area contributed by atoms with Crippen molar-refractivity contribution in [1.29, 1.82) is 0 Å². The Balaban J connectivity index is 1.83. The quantitative estimate of drug-likeness (QED) is 0.735. The first kappa shape index (κ1) is 18.3. The number of nitrogens with one attached hydrogen (secondary N) is 2. The predicted octanol–water partition coefficient (Wildman–Crippen LogP) is 2.69. The summed E-state index contributed by atoms with van der Waals surface area (Å²) in [5, 5.41) is 2.87. The van der Waals surface area contributed by atoms with E-state index in [1.165, 1.54) is 0 Å². The Morgan fingerprint density at radius 3 is 2.82 bits per heavy atom. The summed E-state index contributed by atoms with van der Waals surface area (Å²) in [6.07, 6.45) is 1.58. The van der Waals surface area contributed by atoms with E-state index in [2.05, 4.69) is 10.3 Å². The van der Waals surface area contributed by atoms with Crippen molar-refractivity contribution in [3.8, 4) is 5.75 Å². The topological polar surface area (TPSA) is 83.7 Å². The van der Waals surface area contributed by atoms with Crippen LogP contribution in [-0.4, -0.2) is 54.6 Å². The molecular formula is C21H23N3O4. The third-order valence-electron chi connectivity index (χ3n) is 4.88. The summed E-state index contributed by atoms with van der Waals surface area (Å²) < 4.78 is 11.6. The van der Waals surface area contributed by atoms with Crippen molar-refractivity contribution in [2.45, 2.75) is 20.0 Å². The molecule has 0 fully saturated rings. The molecule has 0 radical (unpaired) electrons. The number of H-pyrrole nitrogens is 1. The van der Waals surface area contributed by atoms with Crippen LogP contribution in [0.5, 0.6) is 5.75 Å². The van der Waals surface area contributed by atoms with E-state index in [9.17, 15) is 9.59 Å². The summed E-state index contributed by atoms with van der Waals surface area (Å²) in [4.78, 5) is 30.3. The molecule has 4 rings (SSSR count). The van der Waals surface area contributed by atoms with Crippen LogP contribution >= 0.6 is 0 Å². The number of nitrogens with zero attached hydrogens (tertiary/aromatic N) is 1.